The van der Waals surface area contributed by atoms with Crippen molar-refractivity contribution in [2.24, 2.45) is 5.10 Å². The summed E-state index contributed by atoms with van der Waals surface area (Å²) in [6, 6.07) is 16.4. The van der Waals surface area contributed by atoms with Crippen molar-refractivity contribution in [2.75, 3.05) is 14.2 Å². The lowest BCUT2D eigenvalue weighted by Crippen LogP contribution is -2.27. The number of nitrogens with zero attached hydrogens (tertiary/aromatic N) is 2. The molecule has 0 N–H and O–H groups in total. The number of sulfonamides is 1. The molecule has 0 spiro atoms. The monoisotopic (exact) mass is 504 g/mol. The van der Waals surface area contributed by atoms with Gasteiger partial charge in [0.1, 0.15) is 0 Å². The van der Waals surface area contributed by atoms with Crippen molar-refractivity contribution in [3.8, 4) is 11.5 Å². The topological polar surface area (TPSA) is 68.2 Å². The van der Waals surface area contributed by atoms with E-state index in [1.807, 2.05) is 13.0 Å². The minimum Gasteiger partial charge on any atom is -0.493 e. The van der Waals surface area contributed by atoms with Gasteiger partial charge in [0.2, 0.25) is 0 Å². The summed E-state index contributed by atoms with van der Waals surface area (Å²) < 4.78 is 39.2. The normalized spacial score (nSPS) is 16.0. The highest BCUT2D eigenvalue weighted by Crippen LogP contribution is 2.41. The molecule has 1 heterocycles. The average Bonchev–Trinajstić information content (AvgIpc) is 3.26. The summed E-state index contributed by atoms with van der Waals surface area (Å²) in [6.45, 7) is 1.90. The molecule has 6 nitrogen and oxygen atoms in total. The van der Waals surface area contributed by atoms with Crippen LogP contribution >= 0.6 is 23.2 Å². The van der Waals surface area contributed by atoms with Crippen LogP contribution in [0.1, 0.15) is 29.2 Å². The molecule has 3 aromatic rings. The van der Waals surface area contributed by atoms with E-state index in [-0.39, 0.29) is 4.90 Å². The minimum atomic E-state index is -3.95. The maximum absolute atomic E-state index is 13.6. The Bertz CT molecular complexity index is 1320. The Morgan fingerprint density at radius 1 is 0.939 bits per heavy atom. The molecule has 1 aliphatic heterocycles. The largest absolute Gasteiger partial charge is 0.493 e. The number of aryl methyl sites for hydroxylation is 1. The highest BCUT2D eigenvalue weighted by Gasteiger charge is 2.38. The van der Waals surface area contributed by atoms with Crippen LogP contribution in [0.3, 0.4) is 0 Å². The van der Waals surface area contributed by atoms with Gasteiger partial charge < -0.3 is 9.47 Å². The Kier molecular flexibility index (Phi) is 6.56. The quantitative estimate of drug-likeness (QED) is 0.421. The van der Waals surface area contributed by atoms with Crippen molar-refractivity contribution in [3.05, 3.63) is 87.4 Å². The first-order valence-corrected chi connectivity index (χ1v) is 12.3. The third-order valence-electron chi connectivity index (χ3n) is 5.47. The molecule has 9 heteroatoms. The van der Waals surface area contributed by atoms with Crippen molar-refractivity contribution in [1.29, 1.82) is 0 Å². The van der Waals surface area contributed by atoms with E-state index in [1.165, 1.54) is 7.11 Å². The highest BCUT2D eigenvalue weighted by molar-refractivity contribution is 7.89. The lowest BCUT2D eigenvalue weighted by atomic mass is 9.98. The van der Waals surface area contributed by atoms with Crippen LogP contribution in [0, 0.1) is 6.92 Å². The first-order chi connectivity index (χ1) is 15.7. The first-order valence-electron chi connectivity index (χ1n) is 10.1. The minimum absolute atomic E-state index is 0.153. The van der Waals surface area contributed by atoms with Gasteiger partial charge in [0, 0.05) is 22.0 Å². The zero-order chi connectivity index (χ0) is 23.8. The maximum Gasteiger partial charge on any atom is 0.279 e. The molecule has 1 unspecified atom stereocenters. The smallest absolute Gasteiger partial charge is 0.279 e. The predicted octanol–water partition coefficient (Wildman–Crippen LogP) is 5.86. The van der Waals surface area contributed by atoms with Crippen LogP contribution in [0.5, 0.6) is 11.5 Å². The van der Waals surface area contributed by atoms with Crippen LogP contribution in [0.4, 0.5) is 0 Å². The molecule has 0 radical (unpaired) electrons. The fourth-order valence-corrected chi connectivity index (χ4v) is 5.55. The molecular formula is C24H22Cl2N2O4S. The SMILES string of the molecule is COc1ccc(C2CC(c3cc(Cl)ccc3Cl)=NN2S(=O)(=O)c2ccc(C)cc2)cc1OC. The van der Waals surface area contributed by atoms with Gasteiger partial charge in [-0.2, -0.15) is 17.9 Å². The van der Waals surface area contributed by atoms with Gasteiger partial charge in [0.05, 0.1) is 30.9 Å². The highest BCUT2D eigenvalue weighted by atomic mass is 35.5. The van der Waals surface area contributed by atoms with Gasteiger partial charge in [-0.1, -0.05) is 47.0 Å². The Hall–Kier alpha value is -2.74. The second-order valence-corrected chi connectivity index (χ2v) is 10.2. The molecule has 1 atom stereocenters. The zero-order valence-electron chi connectivity index (χ0n) is 18.2. The number of hydrogen-bond donors (Lipinski definition) is 0. The Balaban J connectivity index is 1.85. The Labute approximate surface area is 203 Å². The molecule has 0 amide bonds. The van der Waals surface area contributed by atoms with E-state index < -0.39 is 16.1 Å². The molecule has 0 aliphatic carbocycles. The van der Waals surface area contributed by atoms with E-state index in [4.69, 9.17) is 32.7 Å². The van der Waals surface area contributed by atoms with Gasteiger partial charge in [-0.05, 0) is 55.0 Å². The van der Waals surface area contributed by atoms with E-state index in [9.17, 15) is 8.42 Å². The van der Waals surface area contributed by atoms with Crippen LogP contribution in [0.15, 0.2) is 70.7 Å². The third-order valence-corrected chi connectivity index (χ3v) is 7.73. The molecule has 4 rings (SSSR count). The maximum atomic E-state index is 13.6. The molecule has 0 saturated carbocycles. The van der Waals surface area contributed by atoms with Gasteiger partial charge in [0.25, 0.3) is 10.0 Å². The summed E-state index contributed by atoms with van der Waals surface area (Å²) >= 11 is 12.6. The number of hydrazone groups is 1. The molecule has 0 fully saturated rings. The van der Waals surface area contributed by atoms with Crippen LogP contribution in [0.2, 0.25) is 10.0 Å². The van der Waals surface area contributed by atoms with Crippen LogP contribution in [0.25, 0.3) is 0 Å². The van der Waals surface area contributed by atoms with E-state index in [0.29, 0.717) is 44.8 Å². The van der Waals surface area contributed by atoms with Gasteiger partial charge in [-0.3, -0.25) is 0 Å². The van der Waals surface area contributed by atoms with E-state index in [0.717, 1.165) is 9.98 Å². The summed E-state index contributed by atoms with van der Waals surface area (Å²) in [7, 11) is -0.876. The number of rotatable bonds is 6. The summed E-state index contributed by atoms with van der Waals surface area (Å²) in [5.74, 6) is 1.04. The van der Waals surface area contributed by atoms with Crippen molar-refractivity contribution < 1.29 is 17.9 Å². The van der Waals surface area contributed by atoms with E-state index >= 15 is 0 Å². The molecule has 172 valence electrons. The second-order valence-electron chi connectivity index (χ2n) is 7.60. The van der Waals surface area contributed by atoms with Crippen molar-refractivity contribution in [2.45, 2.75) is 24.3 Å². The number of hydrogen-bond acceptors (Lipinski definition) is 5. The first kappa shape index (κ1) is 23.4. The van der Waals surface area contributed by atoms with Gasteiger partial charge in [0.15, 0.2) is 11.5 Å². The van der Waals surface area contributed by atoms with Gasteiger partial charge in [-0.15, -0.1) is 0 Å². The van der Waals surface area contributed by atoms with Gasteiger partial charge >= 0.3 is 0 Å². The number of halogens is 2. The third kappa shape index (κ3) is 4.53. The van der Waals surface area contributed by atoms with Crippen molar-refractivity contribution in [1.82, 2.24) is 4.41 Å². The molecule has 1 aliphatic rings. The standard InChI is InChI=1S/C24H22Cl2N2O4S/c1-15-4-8-18(9-5-15)33(29,30)28-22(16-6-11-23(31-2)24(12-16)32-3)14-21(27-28)19-13-17(25)7-10-20(19)26/h4-13,22H,14H2,1-3H3. The number of ether oxygens (including phenoxy) is 2. The summed E-state index contributed by atoms with van der Waals surface area (Å²) in [5, 5.41) is 5.46. The zero-order valence-corrected chi connectivity index (χ0v) is 20.6. The van der Waals surface area contributed by atoms with Crippen LogP contribution < -0.4 is 9.47 Å². The Morgan fingerprint density at radius 3 is 2.30 bits per heavy atom. The Morgan fingerprint density at radius 2 is 1.64 bits per heavy atom. The molecule has 3 aromatic carbocycles. The summed E-state index contributed by atoms with van der Waals surface area (Å²) in [4.78, 5) is 0.153. The molecular weight excluding hydrogens is 483 g/mol. The number of methoxy groups -OCH3 is 2. The van der Waals surface area contributed by atoms with Crippen molar-refractivity contribution >= 4 is 38.9 Å². The second kappa shape index (κ2) is 9.25. The fourth-order valence-electron chi connectivity index (χ4n) is 3.72. The lowest BCUT2D eigenvalue weighted by Gasteiger charge is -2.24. The molecule has 33 heavy (non-hydrogen) atoms. The molecule has 0 bridgehead atoms. The van der Waals surface area contributed by atoms with E-state index in [2.05, 4.69) is 5.10 Å². The predicted molar refractivity (Wildman–Crippen MR) is 130 cm³/mol. The van der Waals surface area contributed by atoms with E-state index in [1.54, 1.807) is 61.7 Å². The van der Waals surface area contributed by atoms with Gasteiger partial charge in [-0.25, -0.2) is 0 Å². The van der Waals surface area contributed by atoms with Crippen molar-refractivity contribution in [3.63, 3.8) is 0 Å². The fraction of sp³-hybridized carbons (Fsp3) is 0.208. The van der Waals surface area contributed by atoms with Crippen LogP contribution in [-0.4, -0.2) is 32.8 Å². The summed E-state index contributed by atoms with van der Waals surface area (Å²) in [5.41, 5.74) is 2.79. The average molecular weight is 505 g/mol. The van der Waals surface area contributed by atoms with Crippen LogP contribution in [-0.2, 0) is 10.0 Å². The summed E-state index contributed by atoms with van der Waals surface area (Å²) in [6.07, 6.45) is 0.306. The lowest BCUT2D eigenvalue weighted by molar-refractivity contribution is 0.348. The number of benzene rings is 3. The molecule has 0 saturated heterocycles. The molecule has 0 aromatic heterocycles.